The van der Waals surface area contributed by atoms with Crippen LogP contribution in [0.1, 0.15) is 0 Å². The number of pyridine rings is 1. The molecule has 0 aliphatic heterocycles. The van der Waals surface area contributed by atoms with Gasteiger partial charge in [0.2, 0.25) is 0 Å². The molecule has 3 aromatic heterocycles. The van der Waals surface area contributed by atoms with Crippen LogP contribution < -0.4 is 0 Å². The fourth-order valence-corrected chi connectivity index (χ4v) is 4.56. The topological polar surface area (TPSA) is 39.2 Å². The normalized spacial score (nSPS) is 12.0. The molecule has 4 aromatic carbocycles. The molecule has 0 unspecified atom stereocenters. The van der Waals surface area contributed by atoms with Gasteiger partial charge in [-0.25, -0.2) is 0 Å². The van der Waals surface area contributed by atoms with Gasteiger partial charge in [0.1, 0.15) is 22.4 Å². The third-order valence-corrected chi connectivity index (χ3v) is 5.94. The van der Waals surface area contributed by atoms with Crippen LogP contribution >= 0.6 is 0 Å². The molecule has 3 nitrogen and oxygen atoms in total. The van der Waals surface area contributed by atoms with E-state index in [-0.39, 0.29) is 0 Å². The molecule has 140 valence electrons. The van der Waals surface area contributed by atoms with Gasteiger partial charge in [0.25, 0.3) is 0 Å². The van der Waals surface area contributed by atoms with Crippen LogP contribution in [0.25, 0.3) is 65.9 Å². The molecule has 0 saturated heterocycles. The van der Waals surface area contributed by atoms with Crippen molar-refractivity contribution < 1.29 is 8.83 Å². The van der Waals surface area contributed by atoms with E-state index < -0.39 is 0 Å². The van der Waals surface area contributed by atoms with Gasteiger partial charge in [-0.05, 0) is 29.7 Å². The molecule has 0 fully saturated rings. The Morgan fingerprint density at radius 1 is 0.500 bits per heavy atom. The Bertz CT molecular complexity index is 1750. The highest BCUT2D eigenvalue weighted by molar-refractivity contribution is 6.18. The highest BCUT2D eigenvalue weighted by Gasteiger charge is 2.18. The summed E-state index contributed by atoms with van der Waals surface area (Å²) in [6, 6.07) is 28.9. The number of nitrogens with zero attached hydrogens (tertiary/aromatic N) is 1. The molecule has 0 spiro atoms. The first-order valence-electron chi connectivity index (χ1n) is 9.98. The van der Waals surface area contributed by atoms with Gasteiger partial charge in [0.15, 0.2) is 5.58 Å². The van der Waals surface area contributed by atoms with Crippen LogP contribution in [0.2, 0.25) is 0 Å². The predicted octanol–water partition coefficient (Wildman–Crippen LogP) is 7.70. The number of rotatable bonds is 1. The lowest BCUT2D eigenvalue weighted by Crippen LogP contribution is -1.84. The molecule has 30 heavy (non-hydrogen) atoms. The second kappa shape index (κ2) is 5.71. The van der Waals surface area contributed by atoms with Gasteiger partial charge in [-0.1, -0.05) is 60.7 Å². The molecule has 0 aliphatic rings. The van der Waals surface area contributed by atoms with Crippen molar-refractivity contribution in [3.05, 3.63) is 91.1 Å². The Labute approximate surface area is 171 Å². The van der Waals surface area contributed by atoms with E-state index in [1.54, 1.807) is 0 Å². The maximum atomic E-state index is 6.49. The largest absolute Gasteiger partial charge is 0.455 e. The van der Waals surface area contributed by atoms with E-state index in [2.05, 4.69) is 54.6 Å². The summed E-state index contributed by atoms with van der Waals surface area (Å²) >= 11 is 0. The molecule has 3 heteroatoms. The van der Waals surface area contributed by atoms with Crippen molar-refractivity contribution in [1.82, 2.24) is 4.98 Å². The van der Waals surface area contributed by atoms with Crippen LogP contribution in [0, 0.1) is 0 Å². The van der Waals surface area contributed by atoms with E-state index in [4.69, 9.17) is 13.8 Å². The summed E-state index contributed by atoms with van der Waals surface area (Å²) in [6.45, 7) is 0. The smallest absolute Gasteiger partial charge is 0.161 e. The summed E-state index contributed by atoms with van der Waals surface area (Å²) < 4.78 is 12.7. The molecule has 3 heterocycles. The first kappa shape index (κ1) is 15.8. The molecule has 0 bridgehead atoms. The molecule has 0 atom stereocenters. The minimum absolute atomic E-state index is 0.788. The third-order valence-electron chi connectivity index (χ3n) is 5.94. The van der Waals surface area contributed by atoms with Crippen molar-refractivity contribution in [2.45, 2.75) is 0 Å². The maximum Gasteiger partial charge on any atom is 0.161 e. The highest BCUT2D eigenvalue weighted by atomic mass is 16.3. The third kappa shape index (κ3) is 2.01. The zero-order valence-electron chi connectivity index (χ0n) is 15.9. The first-order chi connectivity index (χ1) is 14.9. The second-order valence-electron chi connectivity index (χ2n) is 7.58. The van der Waals surface area contributed by atoms with E-state index in [1.807, 2.05) is 36.5 Å². The number of aromatic nitrogens is 1. The summed E-state index contributed by atoms with van der Waals surface area (Å²) in [5.74, 6) is 0. The zero-order valence-corrected chi connectivity index (χ0v) is 15.9. The van der Waals surface area contributed by atoms with Crippen LogP contribution in [0.5, 0.6) is 0 Å². The van der Waals surface area contributed by atoms with Gasteiger partial charge < -0.3 is 8.83 Å². The fraction of sp³-hybridized carbons (Fsp3) is 0. The summed E-state index contributed by atoms with van der Waals surface area (Å²) in [5, 5.41) is 6.65. The molecule has 7 aromatic rings. The predicted molar refractivity (Wildman–Crippen MR) is 122 cm³/mol. The number of fused-ring (bicyclic) bond motifs is 8. The fourth-order valence-electron chi connectivity index (χ4n) is 4.56. The van der Waals surface area contributed by atoms with Crippen molar-refractivity contribution in [2.24, 2.45) is 0 Å². The lowest BCUT2D eigenvalue weighted by atomic mass is 10.0. The van der Waals surface area contributed by atoms with Crippen molar-refractivity contribution in [3.8, 4) is 11.3 Å². The minimum Gasteiger partial charge on any atom is -0.455 e. The quantitative estimate of drug-likeness (QED) is 0.291. The Balaban J connectivity index is 1.62. The van der Waals surface area contributed by atoms with E-state index in [9.17, 15) is 0 Å². The van der Waals surface area contributed by atoms with Crippen molar-refractivity contribution in [3.63, 3.8) is 0 Å². The molecular weight excluding hydrogens is 370 g/mol. The summed E-state index contributed by atoms with van der Waals surface area (Å²) in [5.41, 5.74) is 5.15. The molecule has 7 rings (SSSR count). The van der Waals surface area contributed by atoms with Crippen LogP contribution in [0.3, 0.4) is 0 Å². The number of hydrogen-bond acceptors (Lipinski definition) is 3. The monoisotopic (exact) mass is 385 g/mol. The van der Waals surface area contributed by atoms with Gasteiger partial charge in [-0.2, -0.15) is 0 Å². The maximum absolute atomic E-state index is 6.49. The Morgan fingerprint density at radius 3 is 2.23 bits per heavy atom. The summed E-state index contributed by atoms with van der Waals surface area (Å²) in [6.07, 6.45) is 1.84. The van der Waals surface area contributed by atoms with Crippen LogP contribution in [0.4, 0.5) is 0 Å². The summed E-state index contributed by atoms with van der Waals surface area (Å²) in [4.78, 5) is 4.70. The van der Waals surface area contributed by atoms with Gasteiger partial charge in [-0.3, -0.25) is 4.98 Å². The van der Waals surface area contributed by atoms with Crippen molar-refractivity contribution in [2.75, 3.05) is 0 Å². The lowest BCUT2D eigenvalue weighted by molar-refractivity contribution is 0.664. The van der Waals surface area contributed by atoms with Gasteiger partial charge in [0, 0.05) is 38.7 Å². The molecular formula is C27H15NO2. The molecule has 0 saturated carbocycles. The Kier molecular flexibility index (Phi) is 3.00. The zero-order chi connectivity index (χ0) is 19.7. The van der Waals surface area contributed by atoms with Gasteiger partial charge in [0.05, 0.1) is 0 Å². The number of para-hydroxylation sites is 2. The van der Waals surface area contributed by atoms with E-state index in [0.29, 0.717) is 0 Å². The van der Waals surface area contributed by atoms with Gasteiger partial charge >= 0.3 is 0 Å². The molecule has 0 N–H and O–H groups in total. The number of furan rings is 2. The number of benzene rings is 4. The summed E-state index contributed by atoms with van der Waals surface area (Å²) in [7, 11) is 0. The molecule has 0 radical (unpaired) electrons. The van der Waals surface area contributed by atoms with Crippen molar-refractivity contribution in [1.29, 1.82) is 0 Å². The number of hydrogen-bond donors (Lipinski definition) is 0. The Hall–Kier alpha value is -4.11. The Morgan fingerprint density at radius 2 is 1.27 bits per heavy atom. The standard InChI is InChI=1S/C27H15NO2/c1-2-7-17-16(6-1)12-13-20-19-9-5-10-22(26(19)30-25(17)20)24-27-21(14-15-28-24)18-8-3-4-11-23(18)29-27/h1-15H. The van der Waals surface area contributed by atoms with E-state index in [0.717, 1.165) is 60.5 Å². The first-order valence-corrected chi connectivity index (χ1v) is 9.98. The lowest BCUT2D eigenvalue weighted by Gasteiger charge is -2.02. The SMILES string of the molecule is c1ccc2c(c1)ccc1c3cccc(-c4nccc5c4oc4ccccc45)c3oc21. The van der Waals surface area contributed by atoms with E-state index >= 15 is 0 Å². The average molecular weight is 385 g/mol. The van der Waals surface area contributed by atoms with Crippen LogP contribution in [0.15, 0.2) is 100.0 Å². The second-order valence-corrected chi connectivity index (χ2v) is 7.58. The minimum atomic E-state index is 0.788. The van der Waals surface area contributed by atoms with E-state index in [1.165, 1.54) is 5.39 Å². The van der Waals surface area contributed by atoms with Gasteiger partial charge in [-0.15, -0.1) is 0 Å². The average Bonchev–Trinajstić information content (AvgIpc) is 3.37. The van der Waals surface area contributed by atoms with Crippen molar-refractivity contribution >= 4 is 54.6 Å². The molecule has 0 amide bonds. The molecule has 0 aliphatic carbocycles. The van der Waals surface area contributed by atoms with Crippen LogP contribution in [-0.4, -0.2) is 4.98 Å². The van der Waals surface area contributed by atoms with Crippen LogP contribution in [-0.2, 0) is 0 Å². The highest BCUT2D eigenvalue weighted by Crippen LogP contribution is 2.41.